The van der Waals surface area contributed by atoms with Gasteiger partial charge in [0.2, 0.25) is 11.8 Å². The van der Waals surface area contributed by atoms with E-state index in [4.69, 9.17) is 5.73 Å². The number of amides is 2. The maximum absolute atomic E-state index is 13.6. The summed E-state index contributed by atoms with van der Waals surface area (Å²) >= 11 is 0. The summed E-state index contributed by atoms with van der Waals surface area (Å²) in [4.78, 5) is 29.9. The molecule has 3 heterocycles. The minimum atomic E-state index is -0.366. The van der Waals surface area contributed by atoms with Gasteiger partial charge in [-0.15, -0.1) is 0 Å². The molecule has 34 heavy (non-hydrogen) atoms. The van der Waals surface area contributed by atoms with E-state index >= 15 is 0 Å². The highest BCUT2D eigenvalue weighted by Crippen LogP contribution is 2.42. The highest BCUT2D eigenvalue weighted by molar-refractivity contribution is 6.05. The van der Waals surface area contributed by atoms with Crippen LogP contribution in [0.2, 0.25) is 0 Å². The molecule has 1 saturated heterocycles. The zero-order chi connectivity index (χ0) is 23.9. The first-order valence-electron chi connectivity index (χ1n) is 11.7. The van der Waals surface area contributed by atoms with Crippen LogP contribution < -0.4 is 15.5 Å². The van der Waals surface area contributed by atoms with E-state index in [2.05, 4.69) is 42.2 Å². The number of nitrogens with zero attached hydrogens (tertiary/aromatic N) is 4. The second kappa shape index (κ2) is 8.56. The SMILES string of the molecule is CC1(C)CN(C(=O)C2CC(=O)N(c3cccc(N)c3)C2)c2ccc(CCc3ccnnc3)cc21. The highest BCUT2D eigenvalue weighted by Gasteiger charge is 2.43. The third kappa shape index (κ3) is 4.14. The molecule has 0 saturated carbocycles. The van der Waals surface area contributed by atoms with E-state index in [0.717, 1.165) is 29.8 Å². The number of benzene rings is 2. The quantitative estimate of drug-likeness (QED) is 0.594. The molecule has 5 rings (SSSR count). The molecule has 2 N–H and O–H groups in total. The van der Waals surface area contributed by atoms with Gasteiger partial charge in [0.15, 0.2) is 0 Å². The number of aromatic nitrogens is 2. The minimum absolute atomic E-state index is 0.0159. The molecule has 1 fully saturated rings. The largest absolute Gasteiger partial charge is 0.399 e. The summed E-state index contributed by atoms with van der Waals surface area (Å²) in [5.41, 5.74) is 11.6. The molecular formula is C27H29N5O2. The molecule has 7 nitrogen and oxygen atoms in total. The topological polar surface area (TPSA) is 92.4 Å². The van der Waals surface area contributed by atoms with Crippen molar-refractivity contribution in [3.63, 3.8) is 0 Å². The lowest BCUT2D eigenvalue weighted by molar-refractivity contribution is -0.124. The van der Waals surface area contributed by atoms with Gasteiger partial charge in [0.05, 0.1) is 12.1 Å². The minimum Gasteiger partial charge on any atom is -0.399 e. The fraction of sp³-hybridized carbons (Fsp3) is 0.333. The summed E-state index contributed by atoms with van der Waals surface area (Å²) in [5, 5.41) is 7.79. The Morgan fingerprint density at radius 2 is 1.91 bits per heavy atom. The zero-order valence-corrected chi connectivity index (χ0v) is 19.6. The molecule has 2 aliphatic heterocycles. The molecule has 174 valence electrons. The Labute approximate surface area is 199 Å². The molecule has 2 aliphatic rings. The number of carbonyl (C=O) groups excluding carboxylic acids is 2. The van der Waals surface area contributed by atoms with Gasteiger partial charge < -0.3 is 15.5 Å². The number of rotatable bonds is 5. The van der Waals surface area contributed by atoms with Crippen LogP contribution in [0.4, 0.5) is 17.1 Å². The molecule has 0 radical (unpaired) electrons. The molecule has 3 aromatic rings. The van der Waals surface area contributed by atoms with Crippen molar-refractivity contribution in [2.75, 3.05) is 28.6 Å². The summed E-state index contributed by atoms with van der Waals surface area (Å²) in [5.74, 6) is -0.389. The monoisotopic (exact) mass is 455 g/mol. The number of hydrogen-bond donors (Lipinski definition) is 1. The fourth-order valence-electron chi connectivity index (χ4n) is 5.07. The van der Waals surface area contributed by atoms with Gasteiger partial charge in [0, 0.05) is 48.2 Å². The molecular weight excluding hydrogens is 426 g/mol. The van der Waals surface area contributed by atoms with Gasteiger partial charge in [-0.25, -0.2) is 0 Å². The number of fused-ring (bicyclic) bond motifs is 1. The zero-order valence-electron chi connectivity index (χ0n) is 19.6. The first-order valence-corrected chi connectivity index (χ1v) is 11.7. The molecule has 2 amide bonds. The number of anilines is 3. The van der Waals surface area contributed by atoms with Crippen molar-refractivity contribution in [2.24, 2.45) is 5.92 Å². The summed E-state index contributed by atoms with van der Waals surface area (Å²) in [6.45, 7) is 5.34. The Morgan fingerprint density at radius 3 is 2.68 bits per heavy atom. The van der Waals surface area contributed by atoms with Crippen LogP contribution in [0, 0.1) is 5.92 Å². The van der Waals surface area contributed by atoms with Gasteiger partial charge in [0.25, 0.3) is 0 Å². The van der Waals surface area contributed by atoms with Crippen LogP contribution in [0.5, 0.6) is 0 Å². The Bertz CT molecular complexity index is 1240. The lowest BCUT2D eigenvalue weighted by Gasteiger charge is -2.23. The summed E-state index contributed by atoms with van der Waals surface area (Å²) in [6.07, 6.45) is 5.52. The van der Waals surface area contributed by atoms with E-state index in [1.54, 1.807) is 29.4 Å². The molecule has 0 spiro atoms. The smallest absolute Gasteiger partial charge is 0.232 e. The normalized spacial score (nSPS) is 18.9. The third-order valence-electron chi connectivity index (χ3n) is 6.90. The van der Waals surface area contributed by atoms with E-state index in [9.17, 15) is 9.59 Å². The fourth-order valence-corrected chi connectivity index (χ4v) is 5.07. The Morgan fingerprint density at radius 1 is 1.09 bits per heavy atom. The van der Waals surface area contributed by atoms with Gasteiger partial charge in [-0.05, 0) is 59.9 Å². The second-order valence-corrected chi connectivity index (χ2v) is 9.91. The maximum Gasteiger partial charge on any atom is 0.232 e. The van der Waals surface area contributed by atoms with Crippen molar-refractivity contribution in [3.05, 3.63) is 77.6 Å². The van der Waals surface area contributed by atoms with Gasteiger partial charge in [0.1, 0.15) is 0 Å². The lowest BCUT2D eigenvalue weighted by atomic mass is 9.85. The maximum atomic E-state index is 13.6. The van der Waals surface area contributed by atoms with Crippen molar-refractivity contribution in [3.8, 4) is 0 Å². The van der Waals surface area contributed by atoms with Crippen LogP contribution >= 0.6 is 0 Å². The Hall–Kier alpha value is -3.74. The first kappa shape index (κ1) is 22.1. The van der Waals surface area contributed by atoms with Crippen molar-refractivity contribution in [2.45, 2.75) is 38.5 Å². The van der Waals surface area contributed by atoms with E-state index < -0.39 is 0 Å². The Kier molecular flexibility index (Phi) is 5.55. The lowest BCUT2D eigenvalue weighted by Crippen LogP contribution is -2.39. The predicted molar refractivity (Wildman–Crippen MR) is 133 cm³/mol. The number of nitrogens with two attached hydrogens (primary N) is 1. The molecule has 0 aliphatic carbocycles. The van der Waals surface area contributed by atoms with Crippen LogP contribution in [0.15, 0.2) is 60.9 Å². The Balaban J connectivity index is 1.33. The highest BCUT2D eigenvalue weighted by atomic mass is 16.2. The summed E-state index contributed by atoms with van der Waals surface area (Å²) in [6, 6.07) is 15.6. The van der Waals surface area contributed by atoms with Gasteiger partial charge in [-0.1, -0.05) is 32.0 Å². The van der Waals surface area contributed by atoms with Crippen LogP contribution in [0.25, 0.3) is 0 Å². The van der Waals surface area contributed by atoms with E-state index in [0.29, 0.717) is 18.8 Å². The second-order valence-electron chi connectivity index (χ2n) is 9.91. The average Bonchev–Trinajstić information content (AvgIpc) is 3.35. The average molecular weight is 456 g/mol. The van der Waals surface area contributed by atoms with Crippen LogP contribution in [-0.2, 0) is 27.8 Å². The molecule has 1 unspecified atom stereocenters. The number of hydrogen-bond acceptors (Lipinski definition) is 5. The van der Waals surface area contributed by atoms with Crippen LogP contribution in [-0.4, -0.2) is 35.1 Å². The molecule has 1 aromatic heterocycles. The van der Waals surface area contributed by atoms with Crippen LogP contribution in [0.1, 0.15) is 37.0 Å². The molecule has 0 bridgehead atoms. The van der Waals surface area contributed by atoms with E-state index in [1.807, 2.05) is 23.1 Å². The van der Waals surface area contributed by atoms with Crippen molar-refractivity contribution in [1.82, 2.24) is 10.2 Å². The standard InChI is InChI=1S/C27H29N5O2/c1-27(2)17-32(24-9-8-18(12-23(24)27)6-7-19-10-11-29-30-15-19)26(34)20-13-25(33)31(16-20)22-5-3-4-21(28)14-22/h3-5,8-12,14-15,20H,6-7,13,16-17,28H2,1-2H3. The summed E-state index contributed by atoms with van der Waals surface area (Å²) < 4.78 is 0. The first-order chi connectivity index (χ1) is 16.3. The number of carbonyl (C=O) groups is 2. The molecule has 1 atom stereocenters. The van der Waals surface area contributed by atoms with Crippen LogP contribution in [0.3, 0.4) is 0 Å². The van der Waals surface area contributed by atoms with Gasteiger partial charge in [-0.3, -0.25) is 9.59 Å². The summed E-state index contributed by atoms with van der Waals surface area (Å²) in [7, 11) is 0. The van der Waals surface area contributed by atoms with Crippen molar-refractivity contribution in [1.29, 1.82) is 0 Å². The van der Waals surface area contributed by atoms with E-state index in [1.165, 1.54) is 11.1 Å². The molecule has 2 aromatic carbocycles. The van der Waals surface area contributed by atoms with Crippen molar-refractivity contribution < 1.29 is 9.59 Å². The van der Waals surface area contributed by atoms with E-state index in [-0.39, 0.29) is 29.6 Å². The number of nitrogen functional groups attached to an aromatic ring is 1. The molecule has 7 heteroatoms. The van der Waals surface area contributed by atoms with Gasteiger partial charge in [-0.2, -0.15) is 10.2 Å². The number of aryl methyl sites for hydroxylation is 2. The van der Waals surface area contributed by atoms with Gasteiger partial charge >= 0.3 is 0 Å². The van der Waals surface area contributed by atoms with Crippen molar-refractivity contribution >= 4 is 28.9 Å². The predicted octanol–water partition coefficient (Wildman–Crippen LogP) is 3.52. The third-order valence-corrected chi connectivity index (χ3v) is 6.90.